The Balaban J connectivity index is 1.41. The minimum absolute atomic E-state index is 0.0291. The van der Waals surface area contributed by atoms with Gasteiger partial charge in [0.2, 0.25) is 11.8 Å². The Bertz CT molecular complexity index is 755. The molecule has 1 aromatic carbocycles. The van der Waals surface area contributed by atoms with Crippen molar-refractivity contribution in [2.45, 2.75) is 71.0 Å². The highest BCUT2D eigenvalue weighted by molar-refractivity contribution is 5.84. The van der Waals surface area contributed by atoms with Crippen LogP contribution in [-0.2, 0) is 22.6 Å². The number of carbonyl (C=O) groups is 2. The molecule has 2 heterocycles. The molecule has 0 saturated carbocycles. The van der Waals surface area contributed by atoms with Crippen LogP contribution < -0.4 is 16.4 Å². The van der Waals surface area contributed by atoms with E-state index in [1.165, 1.54) is 12.8 Å². The van der Waals surface area contributed by atoms with E-state index in [1.54, 1.807) is 0 Å². The van der Waals surface area contributed by atoms with E-state index in [4.69, 9.17) is 5.73 Å². The third kappa shape index (κ3) is 7.80. The maximum atomic E-state index is 12.7. The van der Waals surface area contributed by atoms with Crippen molar-refractivity contribution in [2.24, 2.45) is 11.7 Å². The molecule has 4 N–H and O–H groups in total. The first-order valence-electron chi connectivity index (χ1n) is 12.8. The fraction of sp³-hybridized carbons (Fsp3) is 0.692. The first kappa shape index (κ1) is 25.7. The van der Waals surface area contributed by atoms with Crippen LogP contribution in [0.4, 0.5) is 0 Å². The van der Waals surface area contributed by atoms with E-state index < -0.39 is 0 Å². The van der Waals surface area contributed by atoms with Gasteiger partial charge < -0.3 is 21.3 Å². The molecule has 3 rings (SSSR count). The molecule has 184 valence electrons. The van der Waals surface area contributed by atoms with Gasteiger partial charge in [0.1, 0.15) is 0 Å². The van der Waals surface area contributed by atoms with E-state index in [-0.39, 0.29) is 18.4 Å². The van der Waals surface area contributed by atoms with Crippen LogP contribution in [0.5, 0.6) is 0 Å². The molecule has 2 saturated heterocycles. The molecular formula is C26H43N5O2. The van der Waals surface area contributed by atoms with Crippen LogP contribution in [0.3, 0.4) is 0 Å². The number of carbonyl (C=O) groups excluding carboxylic acids is 2. The van der Waals surface area contributed by atoms with Gasteiger partial charge in [-0.05, 0) is 62.2 Å². The second kappa shape index (κ2) is 13.1. The van der Waals surface area contributed by atoms with E-state index in [9.17, 15) is 9.59 Å². The van der Waals surface area contributed by atoms with E-state index in [1.807, 2.05) is 29.2 Å². The molecule has 33 heavy (non-hydrogen) atoms. The van der Waals surface area contributed by atoms with Crippen molar-refractivity contribution >= 4 is 11.8 Å². The van der Waals surface area contributed by atoms with Gasteiger partial charge in [-0.15, -0.1) is 0 Å². The fourth-order valence-electron chi connectivity index (χ4n) is 5.23. The number of amides is 2. The molecule has 0 atom stereocenters. The quantitative estimate of drug-likeness (QED) is 0.499. The van der Waals surface area contributed by atoms with Crippen molar-refractivity contribution < 1.29 is 9.59 Å². The summed E-state index contributed by atoms with van der Waals surface area (Å²) in [5, 5.41) is 6.30. The minimum Gasteiger partial charge on any atom is -0.347 e. The van der Waals surface area contributed by atoms with Crippen molar-refractivity contribution in [2.75, 3.05) is 39.3 Å². The first-order chi connectivity index (χ1) is 16.0. The van der Waals surface area contributed by atoms with Gasteiger partial charge in [-0.25, -0.2) is 0 Å². The van der Waals surface area contributed by atoms with E-state index in [0.717, 1.165) is 56.7 Å². The summed E-state index contributed by atoms with van der Waals surface area (Å²) in [6, 6.07) is 9.14. The predicted octanol–water partition coefficient (Wildman–Crippen LogP) is 1.90. The zero-order valence-electron chi connectivity index (χ0n) is 20.5. The molecule has 7 heteroatoms. The zero-order chi connectivity index (χ0) is 23.6. The number of benzene rings is 1. The first-order valence-corrected chi connectivity index (χ1v) is 12.8. The number of hydrogen-bond donors (Lipinski definition) is 3. The molecule has 2 aliphatic rings. The van der Waals surface area contributed by atoms with Crippen molar-refractivity contribution in [3.8, 4) is 0 Å². The fourth-order valence-corrected chi connectivity index (χ4v) is 5.23. The summed E-state index contributed by atoms with van der Waals surface area (Å²) in [4.78, 5) is 29.7. The smallest absolute Gasteiger partial charge is 0.241 e. The Morgan fingerprint density at radius 3 is 2.36 bits per heavy atom. The maximum Gasteiger partial charge on any atom is 0.241 e. The molecule has 0 aromatic heterocycles. The predicted molar refractivity (Wildman–Crippen MR) is 133 cm³/mol. The lowest BCUT2D eigenvalue weighted by Crippen LogP contribution is -2.54. The maximum absolute atomic E-state index is 12.7. The Hall–Kier alpha value is -1.96. The average molecular weight is 458 g/mol. The van der Waals surface area contributed by atoms with Crippen molar-refractivity contribution in [1.29, 1.82) is 0 Å². The highest BCUT2D eigenvalue weighted by atomic mass is 16.2. The van der Waals surface area contributed by atoms with Crippen LogP contribution in [-0.4, -0.2) is 73.0 Å². The summed E-state index contributed by atoms with van der Waals surface area (Å²) in [6.07, 6.45) is 5.48. The van der Waals surface area contributed by atoms with Crippen LogP contribution in [0.2, 0.25) is 0 Å². The number of piperidine rings is 2. The van der Waals surface area contributed by atoms with E-state index in [0.29, 0.717) is 37.4 Å². The number of nitrogens with two attached hydrogens (primary N) is 1. The standard InChI is InChI=1S/C26H43N5O2/c1-20(2)19-31(23-9-13-28-14-10-23)24-11-15-30(16-12-24)26(33)18-29-25(32)8-7-21-5-3-4-6-22(21)17-27/h3-6,20,23-24,28H,7-19,27H2,1-2H3,(H,29,32). The molecule has 7 nitrogen and oxygen atoms in total. The molecular weight excluding hydrogens is 414 g/mol. The van der Waals surface area contributed by atoms with Gasteiger partial charge >= 0.3 is 0 Å². The van der Waals surface area contributed by atoms with Gasteiger partial charge in [-0.1, -0.05) is 38.1 Å². The lowest BCUT2D eigenvalue weighted by molar-refractivity contribution is -0.134. The second-order valence-corrected chi connectivity index (χ2v) is 9.93. The van der Waals surface area contributed by atoms with E-state index in [2.05, 4.69) is 29.4 Å². The molecule has 1 aromatic rings. The number of aryl methyl sites for hydroxylation is 1. The Morgan fingerprint density at radius 2 is 1.73 bits per heavy atom. The molecule has 0 unspecified atom stereocenters. The van der Waals surface area contributed by atoms with Crippen LogP contribution >= 0.6 is 0 Å². The molecule has 0 bridgehead atoms. The Kier molecular flexibility index (Phi) is 10.2. The number of nitrogens with one attached hydrogen (secondary N) is 2. The molecule has 0 aliphatic carbocycles. The Morgan fingerprint density at radius 1 is 1.09 bits per heavy atom. The van der Waals surface area contributed by atoms with Crippen LogP contribution in [0.15, 0.2) is 24.3 Å². The van der Waals surface area contributed by atoms with Gasteiger partial charge in [-0.3, -0.25) is 14.5 Å². The number of nitrogens with zero attached hydrogens (tertiary/aromatic N) is 2. The molecule has 0 radical (unpaired) electrons. The van der Waals surface area contributed by atoms with Crippen LogP contribution in [0.1, 0.15) is 57.1 Å². The summed E-state index contributed by atoms with van der Waals surface area (Å²) in [7, 11) is 0. The minimum atomic E-state index is -0.0842. The van der Waals surface area contributed by atoms with Gasteiger partial charge in [0, 0.05) is 44.7 Å². The number of rotatable bonds is 10. The number of hydrogen-bond acceptors (Lipinski definition) is 5. The van der Waals surface area contributed by atoms with Gasteiger partial charge in [0.25, 0.3) is 0 Å². The van der Waals surface area contributed by atoms with Gasteiger partial charge in [0.05, 0.1) is 6.54 Å². The lowest BCUT2D eigenvalue weighted by atomic mass is 9.95. The van der Waals surface area contributed by atoms with Crippen LogP contribution in [0.25, 0.3) is 0 Å². The lowest BCUT2D eigenvalue weighted by Gasteiger charge is -2.44. The van der Waals surface area contributed by atoms with Crippen molar-refractivity contribution in [3.63, 3.8) is 0 Å². The normalized spacial score (nSPS) is 18.2. The van der Waals surface area contributed by atoms with Crippen molar-refractivity contribution in [3.05, 3.63) is 35.4 Å². The molecule has 2 aliphatic heterocycles. The summed E-state index contributed by atoms with van der Waals surface area (Å²) in [5.74, 6) is 0.590. The monoisotopic (exact) mass is 457 g/mol. The SMILES string of the molecule is CC(C)CN(C1CCNCC1)C1CCN(C(=O)CNC(=O)CCc2ccccc2CN)CC1. The second-order valence-electron chi connectivity index (χ2n) is 9.93. The highest BCUT2D eigenvalue weighted by Gasteiger charge is 2.31. The zero-order valence-corrected chi connectivity index (χ0v) is 20.5. The van der Waals surface area contributed by atoms with Crippen molar-refractivity contribution in [1.82, 2.24) is 20.4 Å². The third-order valence-electron chi connectivity index (χ3n) is 7.04. The van der Waals surface area contributed by atoms with Gasteiger partial charge in [0.15, 0.2) is 0 Å². The molecule has 2 fully saturated rings. The summed E-state index contributed by atoms with van der Waals surface area (Å²) in [6.45, 7) is 10.1. The topological polar surface area (TPSA) is 90.7 Å². The number of likely N-dealkylation sites (tertiary alicyclic amines) is 1. The third-order valence-corrected chi connectivity index (χ3v) is 7.04. The summed E-state index contributed by atoms with van der Waals surface area (Å²) in [5.41, 5.74) is 7.95. The largest absolute Gasteiger partial charge is 0.347 e. The van der Waals surface area contributed by atoms with Gasteiger partial charge in [-0.2, -0.15) is 0 Å². The molecule has 0 spiro atoms. The van der Waals surface area contributed by atoms with E-state index >= 15 is 0 Å². The summed E-state index contributed by atoms with van der Waals surface area (Å²) >= 11 is 0. The Labute approximate surface area is 199 Å². The highest BCUT2D eigenvalue weighted by Crippen LogP contribution is 2.24. The molecule has 2 amide bonds. The average Bonchev–Trinajstić information content (AvgIpc) is 2.85. The summed E-state index contributed by atoms with van der Waals surface area (Å²) < 4.78 is 0. The van der Waals surface area contributed by atoms with Crippen LogP contribution in [0, 0.1) is 5.92 Å².